The van der Waals surface area contributed by atoms with Gasteiger partial charge in [0.1, 0.15) is 5.60 Å². The van der Waals surface area contributed by atoms with Gasteiger partial charge >= 0.3 is 0 Å². The summed E-state index contributed by atoms with van der Waals surface area (Å²) in [6.07, 6.45) is 8.44. The summed E-state index contributed by atoms with van der Waals surface area (Å²) in [5.41, 5.74) is 1.19. The van der Waals surface area contributed by atoms with Crippen LogP contribution in [0.4, 0.5) is 4.39 Å². The molecule has 0 heterocycles. The Morgan fingerprint density at radius 3 is 2.55 bits per heavy atom. The van der Waals surface area contributed by atoms with E-state index < -0.39 is 11.8 Å². The molecule has 0 amide bonds. The predicted octanol–water partition coefficient (Wildman–Crippen LogP) is 4.94. The number of allylic oxidation sites excluding steroid dienone is 2. The minimum absolute atomic E-state index is 0.730. The lowest BCUT2D eigenvalue weighted by Gasteiger charge is -2.34. The second-order valence-corrected chi connectivity index (χ2v) is 5.34. The smallest absolute Gasteiger partial charge is 0.152 e. The van der Waals surface area contributed by atoms with Gasteiger partial charge in [-0.15, -0.1) is 0 Å². The molecular formula is C18H23FO. The van der Waals surface area contributed by atoms with Gasteiger partial charge in [-0.2, -0.15) is 0 Å². The molecular weight excluding hydrogens is 251 g/mol. The average Bonchev–Trinajstić information content (AvgIpc) is 2.50. The van der Waals surface area contributed by atoms with Gasteiger partial charge in [-0.3, -0.25) is 0 Å². The van der Waals surface area contributed by atoms with E-state index >= 15 is 0 Å². The molecule has 0 saturated heterocycles. The number of hydrogen-bond donors (Lipinski definition) is 0. The highest BCUT2D eigenvalue weighted by Gasteiger charge is 2.37. The van der Waals surface area contributed by atoms with Gasteiger partial charge in [-0.1, -0.05) is 62.6 Å². The monoisotopic (exact) mass is 274 g/mol. The number of ether oxygens (including phenoxy) is 1. The Labute approximate surface area is 121 Å². The van der Waals surface area contributed by atoms with Crippen molar-refractivity contribution >= 4 is 5.57 Å². The molecule has 1 aliphatic carbocycles. The van der Waals surface area contributed by atoms with Gasteiger partial charge in [-0.25, -0.2) is 4.39 Å². The highest BCUT2D eigenvalue weighted by molar-refractivity contribution is 5.76. The Morgan fingerprint density at radius 1 is 1.20 bits per heavy atom. The number of benzene rings is 1. The minimum atomic E-state index is -1.09. The molecule has 0 aliphatic heterocycles. The minimum Gasteiger partial charge on any atom is -0.371 e. The third-order valence-corrected chi connectivity index (χ3v) is 4.00. The molecule has 1 nitrogen and oxygen atoms in total. The van der Waals surface area contributed by atoms with E-state index in [2.05, 4.69) is 6.92 Å². The fraction of sp³-hybridized carbons (Fsp3) is 0.444. The zero-order valence-corrected chi connectivity index (χ0v) is 12.3. The van der Waals surface area contributed by atoms with Crippen LogP contribution in [-0.4, -0.2) is 18.9 Å². The Morgan fingerprint density at radius 2 is 1.95 bits per heavy atom. The summed E-state index contributed by atoms with van der Waals surface area (Å²) < 4.78 is 20.1. The summed E-state index contributed by atoms with van der Waals surface area (Å²) >= 11 is 0. The van der Waals surface area contributed by atoms with Crippen LogP contribution in [0.25, 0.3) is 5.57 Å². The largest absolute Gasteiger partial charge is 0.371 e. The first-order valence-corrected chi connectivity index (χ1v) is 7.37. The number of hydrogen-bond acceptors (Lipinski definition) is 1. The Balaban J connectivity index is 2.14. The fourth-order valence-electron chi connectivity index (χ4n) is 2.66. The third kappa shape index (κ3) is 3.18. The van der Waals surface area contributed by atoms with Crippen molar-refractivity contribution in [2.75, 3.05) is 7.11 Å². The van der Waals surface area contributed by atoms with Crippen LogP contribution in [0, 0.1) is 0 Å². The molecule has 1 aromatic rings. The first-order valence-electron chi connectivity index (χ1n) is 7.37. The molecule has 0 fully saturated rings. The average molecular weight is 274 g/mol. The predicted molar refractivity (Wildman–Crippen MR) is 82.3 cm³/mol. The fourth-order valence-corrected chi connectivity index (χ4v) is 2.66. The summed E-state index contributed by atoms with van der Waals surface area (Å²) in [6, 6.07) is 9.90. The Bertz CT molecular complexity index is 477. The molecule has 0 aromatic heterocycles. The zero-order valence-electron chi connectivity index (χ0n) is 12.3. The lowest BCUT2D eigenvalue weighted by Crippen LogP contribution is -2.40. The molecule has 2 rings (SSSR count). The summed E-state index contributed by atoms with van der Waals surface area (Å²) in [4.78, 5) is 0. The van der Waals surface area contributed by atoms with E-state index in [1.54, 1.807) is 13.2 Å². The maximum Gasteiger partial charge on any atom is 0.152 e. The van der Waals surface area contributed by atoms with Crippen molar-refractivity contribution in [2.24, 2.45) is 0 Å². The molecule has 0 spiro atoms. The van der Waals surface area contributed by atoms with E-state index in [-0.39, 0.29) is 0 Å². The van der Waals surface area contributed by atoms with Crippen molar-refractivity contribution in [3.8, 4) is 0 Å². The number of rotatable bonds is 6. The van der Waals surface area contributed by atoms with Crippen molar-refractivity contribution in [1.82, 2.24) is 0 Å². The summed E-state index contributed by atoms with van der Waals surface area (Å²) in [7, 11) is 1.60. The van der Waals surface area contributed by atoms with Crippen LogP contribution in [0.1, 0.15) is 38.2 Å². The first kappa shape index (κ1) is 15.0. The van der Waals surface area contributed by atoms with E-state index in [0.29, 0.717) is 0 Å². The lowest BCUT2D eigenvalue weighted by atomic mass is 9.84. The van der Waals surface area contributed by atoms with Crippen LogP contribution in [0.5, 0.6) is 0 Å². The zero-order chi connectivity index (χ0) is 14.4. The molecule has 0 radical (unpaired) electrons. The van der Waals surface area contributed by atoms with Gasteiger partial charge in [0, 0.05) is 7.11 Å². The van der Waals surface area contributed by atoms with E-state index in [4.69, 9.17) is 4.74 Å². The van der Waals surface area contributed by atoms with Gasteiger partial charge < -0.3 is 4.74 Å². The quantitative estimate of drug-likeness (QED) is 0.667. The van der Waals surface area contributed by atoms with E-state index in [1.807, 2.05) is 42.5 Å². The SMILES string of the molecule is CCCCCC1(OC)C=CC(c2ccccc2)=CC1F. The van der Waals surface area contributed by atoms with Crippen LogP contribution < -0.4 is 0 Å². The second-order valence-electron chi connectivity index (χ2n) is 5.34. The van der Waals surface area contributed by atoms with E-state index in [0.717, 1.165) is 36.8 Å². The summed E-state index contributed by atoms with van der Waals surface area (Å²) in [5.74, 6) is 0. The van der Waals surface area contributed by atoms with E-state index in [1.165, 1.54) is 0 Å². The van der Waals surface area contributed by atoms with Crippen LogP contribution in [-0.2, 0) is 4.74 Å². The Kier molecular flexibility index (Phi) is 5.13. The number of methoxy groups -OCH3 is 1. The number of alkyl halides is 1. The normalized spacial score (nSPS) is 25.6. The van der Waals surface area contributed by atoms with Crippen molar-refractivity contribution in [3.63, 3.8) is 0 Å². The molecule has 108 valence electrons. The van der Waals surface area contributed by atoms with Crippen LogP contribution >= 0.6 is 0 Å². The van der Waals surface area contributed by atoms with Gasteiger partial charge in [0.05, 0.1) is 0 Å². The molecule has 2 atom stereocenters. The third-order valence-electron chi connectivity index (χ3n) is 4.00. The molecule has 0 saturated carbocycles. The highest BCUT2D eigenvalue weighted by Crippen LogP contribution is 2.35. The van der Waals surface area contributed by atoms with Crippen LogP contribution in [0.2, 0.25) is 0 Å². The van der Waals surface area contributed by atoms with Gasteiger partial charge in [0.15, 0.2) is 6.17 Å². The van der Waals surface area contributed by atoms with Crippen molar-refractivity contribution < 1.29 is 9.13 Å². The van der Waals surface area contributed by atoms with Crippen LogP contribution in [0.15, 0.2) is 48.6 Å². The van der Waals surface area contributed by atoms with Crippen molar-refractivity contribution in [1.29, 1.82) is 0 Å². The summed E-state index contributed by atoms with van der Waals surface area (Å²) in [6.45, 7) is 2.15. The van der Waals surface area contributed by atoms with Crippen molar-refractivity contribution in [2.45, 2.75) is 44.4 Å². The number of halogens is 1. The second kappa shape index (κ2) is 6.85. The standard InChI is InChI=1S/C18H23FO/c1-3-4-8-12-18(20-2)13-11-16(14-17(18)19)15-9-6-5-7-10-15/h5-7,9-11,13-14,17H,3-4,8,12H2,1-2H3. The Hall–Kier alpha value is -1.41. The van der Waals surface area contributed by atoms with Crippen LogP contribution in [0.3, 0.4) is 0 Å². The molecule has 20 heavy (non-hydrogen) atoms. The maximum absolute atomic E-state index is 14.6. The topological polar surface area (TPSA) is 9.23 Å². The lowest BCUT2D eigenvalue weighted by molar-refractivity contribution is -0.0241. The molecule has 0 bridgehead atoms. The molecule has 2 heteroatoms. The highest BCUT2D eigenvalue weighted by atomic mass is 19.1. The number of unbranched alkanes of at least 4 members (excludes halogenated alkanes) is 2. The van der Waals surface area contributed by atoms with Gasteiger partial charge in [0.2, 0.25) is 0 Å². The first-order chi connectivity index (χ1) is 9.72. The maximum atomic E-state index is 14.6. The molecule has 0 N–H and O–H groups in total. The van der Waals surface area contributed by atoms with Gasteiger partial charge in [-0.05, 0) is 29.7 Å². The molecule has 1 aromatic carbocycles. The molecule has 1 aliphatic rings. The summed E-state index contributed by atoms with van der Waals surface area (Å²) in [5, 5.41) is 0. The molecule has 2 unspecified atom stereocenters. The van der Waals surface area contributed by atoms with Gasteiger partial charge in [0.25, 0.3) is 0 Å². The van der Waals surface area contributed by atoms with Crippen molar-refractivity contribution in [3.05, 3.63) is 54.1 Å². The van der Waals surface area contributed by atoms with E-state index in [9.17, 15) is 4.39 Å².